The maximum absolute atomic E-state index is 12.0. The summed E-state index contributed by atoms with van der Waals surface area (Å²) in [5.74, 6) is 0.419. The van der Waals surface area contributed by atoms with Crippen molar-refractivity contribution < 1.29 is 19.2 Å². The lowest BCUT2D eigenvalue weighted by Gasteiger charge is -2.08. The Labute approximate surface area is 139 Å². The number of ether oxygens (including phenoxy) is 2. The molecule has 0 heterocycles. The number of nitrogens with zero attached hydrogens (tertiary/aromatic N) is 1. The summed E-state index contributed by atoms with van der Waals surface area (Å²) in [5.41, 5.74) is 1.08. The number of methoxy groups -OCH3 is 1. The normalized spacial score (nSPS) is 10.1. The Hall–Kier alpha value is -3.09. The summed E-state index contributed by atoms with van der Waals surface area (Å²) in [5, 5.41) is 13.6. The molecule has 0 aliphatic rings. The molecular weight excluding hydrogens is 312 g/mol. The van der Waals surface area contributed by atoms with E-state index in [-0.39, 0.29) is 23.5 Å². The summed E-state index contributed by atoms with van der Waals surface area (Å²) < 4.78 is 10.4. The van der Waals surface area contributed by atoms with Gasteiger partial charge >= 0.3 is 5.69 Å². The van der Waals surface area contributed by atoms with Crippen molar-refractivity contribution in [2.75, 3.05) is 20.3 Å². The third-order valence-electron chi connectivity index (χ3n) is 3.32. The molecule has 2 aromatic carbocycles. The molecule has 2 rings (SSSR count). The van der Waals surface area contributed by atoms with E-state index in [1.54, 1.807) is 0 Å². The zero-order valence-corrected chi connectivity index (χ0v) is 13.4. The molecule has 1 N–H and O–H groups in total. The Bertz CT molecular complexity index is 728. The predicted molar refractivity (Wildman–Crippen MR) is 88.7 cm³/mol. The fourth-order valence-corrected chi connectivity index (χ4v) is 2.04. The van der Waals surface area contributed by atoms with Gasteiger partial charge < -0.3 is 14.8 Å². The van der Waals surface area contributed by atoms with Gasteiger partial charge in [-0.2, -0.15) is 0 Å². The van der Waals surface area contributed by atoms with Crippen molar-refractivity contribution in [3.63, 3.8) is 0 Å². The summed E-state index contributed by atoms with van der Waals surface area (Å²) in [4.78, 5) is 22.4. The summed E-state index contributed by atoms with van der Waals surface area (Å²) in [6.45, 7) is 2.57. The highest BCUT2D eigenvalue weighted by Gasteiger charge is 2.17. The highest BCUT2D eigenvalue weighted by Crippen LogP contribution is 2.27. The van der Waals surface area contributed by atoms with Crippen LogP contribution in [0.5, 0.6) is 11.5 Å². The van der Waals surface area contributed by atoms with Crippen LogP contribution in [0.2, 0.25) is 0 Å². The molecule has 126 valence electrons. The van der Waals surface area contributed by atoms with Gasteiger partial charge in [-0.05, 0) is 31.2 Å². The summed E-state index contributed by atoms with van der Waals surface area (Å²) in [6.07, 6.45) is 0. The molecule has 0 fully saturated rings. The molecule has 0 saturated heterocycles. The van der Waals surface area contributed by atoms with Gasteiger partial charge in [-0.1, -0.05) is 17.7 Å². The Balaban J connectivity index is 1.89. The maximum atomic E-state index is 12.0. The minimum absolute atomic E-state index is 0.110. The number of nitro benzene ring substituents is 1. The number of carbonyl (C=O) groups is 1. The lowest BCUT2D eigenvalue weighted by Crippen LogP contribution is -2.28. The summed E-state index contributed by atoms with van der Waals surface area (Å²) in [7, 11) is 1.34. The number of nitrogens with one attached hydrogen (secondary N) is 1. The molecule has 0 spiro atoms. The van der Waals surface area contributed by atoms with Crippen molar-refractivity contribution >= 4 is 11.6 Å². The van der Waals surface area contributed by atoms with Crippen LogP contribution in [0.4, 0.5) is 5.69 Å². The van der Waals surface area contributed by atoms with E-state index in [2.05, 4.69) is 5.32 Å². The fraction of sp³-hybridized carbons (Fsp3) is 0.235. The monoisotopic (exact) mass is 330 g/mol. The zero-order chi connectivity index (χ0) is 17.5. The lowest BCUT2D eigenvalue weighted by molar-refractivity contribution is -0.385. The minimum Gasteiger partial charge on any atom is -0.492 e. The number of carbonyl (C=O) groups excluding carboxylic acids is 1. The van der Waals surface area contributed by atoms with Gasteiger partial charge in [0.25, 0.3) is 5.91 Å². The molecule has 0 bridgehead atoms. The van der Waals surface area contributed by atoms with Crippen LogP contribution in [0.3, 0.4) is 0 Å². The minimum atomic E-state index is -0.587. The molecule has 7 nitrogen and oxygen atoms in total. The molecule has 0 aliphatic carbocycles. The average molecular weight is 330 g/mol. The van der Waals surface area contributed by atoms with Gasteiger partial charge in [0.15, 0.2) is 5.75 Å². The first kappa shape index (κ1) is 17.3. The number of hydrogen-bond acceptors (Lipinski definition) is 5. The van der Waals surface area contributed by atoms with Crippen LogP contribution < -0.4 is 14.8 Å². The topological polar surface area (TPSA) is 90.7 Å². The van der Waals surface area contributed by atoms with E-state index in [1.807, 2.05) is 31.2 Å². The van der Waals surface area contributed by atoms with E-state index in [0.29, 0.717) is 6.61 Å². The van der Waals surface area contributed by atoms with E-state index in [4.69, 9.17) is 9.47 Å². The molecule has 0 atom stereocenters. The average Bonchev–Trinajstić information content (AvgIpc) is 2.59. The van der Waals surface area contributed by atoms with Crippen LogP contribution in [0, 0.1) is 17.0 Å². The first-order valence-corrected chi connectivity index (χ1v) is 7.31. The number of aryl methyl sites for hydroxylation is 1. The summed E-state index contributed by atoms with van der Waals surface area (Å²) in [6, 6.07) is 11.6. The van der Waals surface area contributed by atoms with Gasteiger partial charge in [0.05, 0.1) is 18.6 Å². The van der Waals surface area contributed by atoms with Crippen molar-refractivity contribution in [2.24, 2.45) is 0 Å². The van der Waals surface area contributed by atoms with E-state index in [0.717, 1.165) is 11.3 Å². The van der Waals surface area contributed by atoms with Crippen molar-refractivity contribution in [2.45, 2.75) is 6.92 Å². The Morgan fingerprint density at radius 2 is 1.92 bits per heavy atom. The molecule has 1 amide bonds. The van der Waals surface area contributed by atoms with Crippen molar-refractivity contribution in [1.82, 2.24) is 5.32 Å². The Morgan fingerprint density at radius 1 is 1.21 bits per heavy atom. The van der Waals surface area contributed by atoms with Crippen molar-refractivity contribution in [3.05, 3.63) is 63.7 Å². The van der Waals surface area contributed by atoms with Crippen molar-refractivity contribution in [1.29, 1.82) is 0 Å². The largest absolute Gasteiger partial charge is 0.492 e. The predicted octanol–water partition coefficient (Wildman–Crippen LogP) is 2.72. The Kier molecular flexibility index (Phi) is 5.73. The standard InChI is InChI=1S/C17H18N2O5/c1-12-3-6-14(7-4-12)24-10-9-18-17(20)13-5-8-16(23-2)15(11-13)19(21)22/h3-8,11H,9-10H2,1-2H3,(H,18,20). The molecule has 0 radical (unpaired) electrons. The van der Waals surface area contributed by atoms with Crippen LogP contribution in [0.25, 0.3) is 0 Å². The third-order valence-corrected chi connectivity index (χ3v) is 3.32. The number of rotatable bonds is 7. The molecule has 0 aliphatic heterocycles. The number of amides is 1. The molecule has 24 heavy (non-hydrogen) atoms. The van der Waals surface area contributed by atoms with Gasteiger partial charge in [0.2, 0.25) is 0 Å². The van der Waals surface area contributed by atoms with Gasteiger partial charge in [0.1, 0.15) is 12.4 Å². The maximum Gasteiger partial charge on any atom is 0.311 e. The highest BCUT2D eigenvalue weighted by atomic mass is 16.6. The van der Waals surface area contributed by atoms with E-state index in [9.17, 15) is 14.9 Å². The zero-order valence-electron chi connectivity index (χ0n) is 13.4. The van der Waals surface area contributed by atoms with Gasteiger partial charge in [-0.3, -0.25) is 14.9 Å². The van der Waals surface area contributed by atoms with Gasteiger partial charge in [0, 0.05) is 11.6 Å². The van der Waals surface area contributed by atoms with Crippen LogP contribution in [0.1, 0.15) is 15.9 Å². The molecular formula is C17H18N2O5. The molecule has 0 unspecified atom stereocenters. The quantitative estimate of drug-likeness (QED) is 0.479. The number of nitro groups is 1. The Morgan fingerprint density at radius 3 is 2.54 bits per heavy atom. The molecule has 0 saturated carbocycles. The summed E-state index contributed by atoms with van der Waals surface area (Å²) >= 11 is 0. The van der Waals surface area contributed by atoms with Crippen molar-refractivity contribution in [3.8, 4) is 11.5 Å². The van der Waals surface area contributed by atoms with Gasteiger partial charge in [-0.15, -0.1) is 0 Å². The highest BCUT2D eigenvalue weighted by molar-refractivity contribution is 5.95. The van der Waals surface area contributed by atoms with Crippen LogP contribution in [0.15, 0.2) is 42.5 Å². The smallest absolute Gasteiger partial charge is 0.311 e. The molecule has 7 heteroatoms. The number of hydrogen-bond donors (Lipinski definition) is 1. The first-order chi connectivity index (χ1) is 11.5. The molecule has 2 aromatic rings. The van der Waals surface area contributed by atoms with Crippen LogP contribution >= 0.6 is 0 Å². The van der Waals surface area contributed by atoms with E-state index in [1.165, 1.54) is 25.3 Å². The second kappa shape index (κ2) is 7.96. The first-order valence-electron chi connectivity index (χ1n) is 7.31. The lowest BCUT2D eigenvalue weighted by atomic mass is 10.1. The molecule has 0 aromatic heterocycles. The van der Waals surface area contributed by atoms with E-state index < -0.39 is 10.8 Å². The third kappa shape index (κ3) is 4.45. The van der Waals surface area contributed by atoms with E-state index >= 15 is 0 Å². The van der Waals surface area contributed by atoms with Gasteiger partial charge in [-0.25, -0.2) is 0 Å². The second-order valence-electron chi connectivity index (χ2n) is 5.06. The van der Waals surface area contributed by atoms with Crippen LogP contribution in [-0.4, -0.2) is 31.1 Å². The fourth-order valence-electron chi connectivity index (χ4n) is 2.04. The SMILES string of the molecule is COc1ccc(C(=O)NCCOc2ccc(C)cc2)cc1[N+](=O)[O-]. The second-order valence-corrected chi connectivity index (χ2v) is 5.06. The van der Waals surface area contributed by atoms with Crippen LogP contribution in [-0.2, 0) is 0 Å². The number of benzene rings is 2.